The van der Waals surface area contributed by atoms with Crippen LogP contribution in [0.1, 0.15) is 10.4 Å². The Labute approximate surface area is 154 Å². The second-order valence-electron chi connectivity index (χ2n) is 5.82. The lowest BCUT2D eigenvalue weighted by molar-refractivity contribution is -0.274. The predicted molar refractivity (Wildman–Crippen MR) is 91.6 cm³/mol. The zero-order valence-electron chi connectivity index (χ0n) is 14.1. The molecule has 0 saturated carbocycles. The molecule has 0 unspecified atom stereocenters. The van der Waals surface area contributed by atoms with Gasteiger partial charge in [0.15, 0.2) is 5.58 Å². The van der Waals surface area contributed by atoms with Crippen molar-refractivity contribution in [3.05, 3.63) is 42.0 Å². The van der Waals surface area contributed by atoms with Crippen LogP contribution in [0, 0.1) is 0 Å². The van der Waals surface area contributed by atoms with Crippen LogP contribution >= 0.6 is 0 Å². The standard InChI is InChI=1S/C17H11F3N4O4/c1-24-12-5-2-8(14(25)26)6-11(12)21-15(24)23-16-22-10-4-3-9(7-13(10)27-16)28-17(18,19)20/h2-7H,1H3,(H,25,26)(H,21,22,23). The molecule has 0 spiro atoms. The molecule has 2 N–H and O–H groups in total. The number of imidazole rings is 1. The topological polar surface area (TPSA) is 102 Å². The average Bonchev–Trinajstić information content (AvgIpc) is 3.13. The molecule has 28 heavy (non-hydrogen) atoms. The number of carboxylic acid groups (broad SMARTS) is 1. The molecule has 0 aliphatic rings. The van der Waals surface area contributed by atoms with Crippen LogP contribution in [0.4, 0.5) is 25.1 Å². The number of benzene rings is 2. The number of halogens is 3. The van der Waals surface area contributed by atoms with Gasteiger partial charge in [-0.1, -0.05) is 0 Å². The summed E-state index contributed by atoms with van der Waals surface area (Å²) in [6, 6.07) is 8.05. The highest BCUT2D eigenvalue weighted by Crippen LogP contribution is 2.29. The first kappa shape index (κ1) is 17.6. The molecule has 0 amide bonds. The maximum Gasteiger partial charge on any atom is 0.573 e. The Balaban J connectivity index is 1.66. The van der Waals surface area contributed by atoms with Gasteiger partial charge in [0.05, 0.1) is 16.6 Å². The van der Waals surface area contributed by atoms with E-state index in [4.69, 9.17) is 9.52 Å². The molecule has 4 rings (SSSR count). The van der Waals surface area contributed by atoms with Gasteiger partial charge < -0.3 is 18.8 Å². The highest BCUT2D eigenvalue weighted by Gasteiger charge is 2.31. The molecule has 0 atom stereocenters. The molecule has 8 nitrogen and oxygen atoms in total. The van der Waals surface area contributed by atoms with Crippen molar-refractivity contribution in [2.75, 3.05) is 5.32 Å². The van der Waals surface area contributed by atoms with E-state index in [-0.39, 0.29) is 17.2 Å². The van der Waals surface area contributed by atoms with Crippen molar-refractivity contribution < 1.29 is 32.2 Å². The van der Waals surface area contributed by atoms with Crippen molar-refractivity contribution >= 4 is 40.1 Å². The van der Waals surface area contributed by atoms with E-state index in [1.165, 1.54) is 18.2 Å². The first-order valence-corrected chi connectivity index (χ1v) is 7.83. The zero-order valence-corrected chi connectivity index (χ0v) is 14.1. The summed E-state index contributed by atoms with van der Waals surface area (Å²) in [6.07, 6.45) is -4.81. The van der Waals surface area contributed by atoms with Gasteiger partial charge in [-0.2, -0.15) is 4.98 Å². The van der Waals surface area contributed by atoms with Crippen molar-refractivity contribution in [2.24, 2.45) is 7.05 Å². The van der Waals surface area contributed by atoms with Gasteiger partial charge in [-0.25, -0.2) is 9.78 Å². The molecule has 2 heterocycles. The molecular weight excluding hydrogens is 381 g/mol. The first-order chi connectivity index (χ1) is 13.2. The Kier molecular flexibility index (Phi) is 3.87. The summed E-state index contributed by atoms with van der Waals surface area (Å²) < 4.78 is 47.9. The number of rotatable bonds is 4. The fraction of sp³-hybridized carbons (Fsp3) is 0.118. The SMILES string of the molecule is Cn1c(Nc2nc3ccc(OC(F)(F)F)cc3o2)nc2cc(C(=O)O)ccc21. The van der Waals surface area contributed by atoms with Gasteiger partial charge in [0.2, 0.25) is 5.95 Å². The number of fused-ring (bicyclic) bond motifs is 2. The first-order valence-electron chi connectivity index (χ1n) is 7.83. The second-order valence-corrected chi connectivity index (χ2v) is 5.82. The lowest BCUT2D eigenvalue weighted by atomic mass is 10.2. The third-order valence-corrected chi connectivity index (χ3v) is 3.94. The minimum absolute atomic E-state index is 0.0102. The molecule has 11 heteroatoms. The second kappa shape index (κ2) is 6.15. The van der Waals surface area contributed by atoms with Gasteiger partial charge in [-0.15, -0.1) is 13.2 Å². The van der Waals surface area contributed by atoms with Crippen LogP contribution in [0.15, 0.2) is 40.8 Å². The Morgan fingerprint density at radius 3 is 2.68 bits per heavy atom. The van der Waals surface area contributed by atoms with Gasteiger partial charge in [-0.3, -0.25) is 5.32 Å². The Hall–Kier alpha value is -3.76. The molecule has 2 aromatic carbocycles. The summed E-state index contributed by atoms with van der Waals surface area (Å²) in [5, 5.41) is 11.9. The summed E-state index contributed by atoms with van der Waals surface area (Å²) in [6.45, 7) is 0. The normalized spacial score (nSPS) is 11.9. The van der Waals surface area contributed by atoms with E-state index in [1.807, 2.05) is 0 Å². The van der Waals surface area contributed by atoms with Gasteiger partial charge >= 0.3 is 18.3 Å². The summed E-state index contributed by atoms with van der Waals surface area (Å²) >= 11 is 0. The maximum atomic E-state index is 12.3. The van der Waals surface area contributed by atoms with Crippen LogP contribution in [-0.2, 0) is 7.05 Å². The van der Waals surface area contributed by atoms with Crippen LogP contribution in [0.5, 0.6) is 5.75 Å². The zero-order chi connectivity index (χ0) is 20.1. The number of carboxylic acids is 1. The molecule has 144 valence electrons. The van der Waals surface area contributed by atoms with Gasteiger partial charge in [0.25, 0.3) is 0 Å². The molecule has 0 bridgehead atoms. The van der Waals surface area contributed by atoms with Crippen LogP contribution in [0.3, 0.4) is 0 Å². The van der Waals surface area contributed by atoms with Crippen molar-refractivity contribution in [3.8, 4) is 5.75 Å². The molecular formula is C17H11F3N4O4. The third-order valence-electron chi connectivity index (χ3n) is 3.94. The van der Waals surface area contributed by atoms with E-state index in [0.717, 1.165) is 12.1 Å². The molecule has 0 aliphatic carbocycles. The molecule has 2 aromatic heterocycles. The van der Waals surface area contributed by atoms with Crippen molar-refractivity contribution in [1.82, 2.24) is 14.5 Å². The number of hydrogen-bond acceptors (Lipinski definition) is 6. The number of anilines is 2. The van der Waals surface area contributed by atoms with Crippen LogP contribution in [-0.4, -0.2) is 32.0 Å². The molecule has 4 aromatic rings. The van der Waals surface area contributed by atoms with Gasteiger partial charge in [-0.05, 0) is 30.3 Å². The molecule has 0 aliphatic heterocycles. The monoisotopic (exact) mass is 392 g/mol. The molecule has 0 saturated heterocycles. The van der Waals surface area contributed by atoms with E-state index >= 15 is 0 Å². The van der Waals surface area contributed by atoms with E-state index in [2.05, 4.69) is 20.0 Å². The van der Waals surface area contributed by atoms with Crippen LogP contribution in [0.2, 0.25) is 0 Å². The predicted octanol–water partition coefficient (Wildman–Crippen LogP) is 4.05. The number of hydrogen-bond donors (Lipinski definition) is 2. The number of alkyl halides is 3. The van der Waals surface area contributed by atoms with E-state index < -0.39 is 18.1 Å². The lowest BCUT2D eigenvalue weighted by Crippen LogP contribution is -2.16. The fourth-order valence-electron chi connectivity index (χ4n) is 2.70. The van der Waals surface area contributed by atoms with E-state index in [1.54, 1.807) is 17.7 Å². The fourth-order valence-corrected chi connectivity index (χ4v) is 2.70. The van der Waals surface area contributed by atoms with Crippen molar-refractivity contribution in [1.29, 1.82) is 0 Å². The van der Waals surface area contributed by atoms with Gasteiger partial charge in [0.1, 0.15) is 11.3 Å². The molecule has 0 fully saturated rings. The average molecular weight is 392 g/mol. The number of aromatic nitrogens is 3. The van der Waals surface area contributed by atoms with Gasteiger partial charge in [0, 0.05) is 13.1 Å². The van der Waals surface area contributed by atoms with E-state index in [9.17, 15) is 18.0 Å². The number of carbonyl (C=O) groups is 1. The van der Waals surface area contributed by atoms with Crippen LogP contribution < -0.4 is 10.1 Å². The largest absolute Gasteiger partial charge is 0.573 e. The van der Waals surface area contributed by atoms with E-state index in [0.29, 0.717) is 22.5 Å². The quantitative estimate of drug-likeness (QED) is 0.540. The Morgan fingerprint density at radius 2 is 1.96 bits per heavy atom. The lowest BCUT2D eigenvalue weighted by Gasteiger charge is -2.07. The summed E-state index contributed by atoms with van der Waals surface area (Å²) in [5.41, 5.74) is 1.63. The summed E-state index contributed by atoms with van der Waals surface area (Å²) in [4.78, 5) is 19.5. The Morgan fingerprint density at radius 1 is 1.18 bits per heavy atom. The number of oxazole rings is 1. The maximum absolute atomic E-state index is 12.3. The minimum Gasteiger partial charge on any atom is -0.478 e. The van der Waals surface area contributed by atoms with Crippen molar-refractivity contribution in [2.45, 2.75) is 6.36 Å². The van der Waals surface area contributed by atoms with Crippen molar-refractivity contribution in [3.63, 3.8) is 0 Å². The highest BCUT2D eigenvalue weighted by molar-refractivity contribution is 5.93. The number of aromatic carboxylic acids is 1. The number of nitrogens with one attached hydrogen (secondary N) is 1. The Bertz CT molecular complexity index is 1210. The minimum atomic E-state index is -4.81. The summed E-state index contributed by atoms with van der Waals surface area (Å²) in [5.74, 6) is -1.18. The highest BCUT2D eigenvalue weighted by atomic mass is 19.4. The van der Waals surface area contributed by atoms with Crippen LogP contribution in [0.25, 0.3) is 22.1 Å². The number of ether oxygens (including phenoxy) is 1. The number of aryl methyl sites for hydroxylation is 1. The smallest absolute Gasteiger partial charge is 0.478 e. The number of nitrogens with zero attached hydrogens (tertiary/aromatic N) is 3. The third kappa shape index (κ3) is 3.29. The summed E-state index contributed by atoms with van der Waals surface area (Å²) in [7, 11) is 1.70. The molecule has 0 radical (unpaired) electrons.